The molecular formula is C22H21ClFN5O. The van der Waals surface area contributed by atoms with Crippen molar-refractivity contribution in [2.75, 3.05) is 18.4 Å². The largest absolute Gasteiger partial charge is 0.319 e. The summed E-state index contributed by atoms with van der Waals surface area (Å²) in [6.07, 6.45) is 0.803. The number of halogens is 2. The zero-order valence-corrected chi connectivity index (χ0v) is 17.0. The molecule has 0 spiro atoms. The molecule has 30 heavy (non-hydrogen) atoms. The van der Waals surface area contributed by atoms with Crippen molar-refractivity contribution in [2.24, 2.45) is 11.8 Å². The molecule has 3 aromatic rings. The second kappa shape index (κ2) is 7.81. The smallest absolute Gasteiger partial charge is 0.293 e. The van der Waals surface area contributed by atoms with E-state index in [0.717, 1.165) is 36.9 Å². The minimum Gasteiger partial charge on any atom is -0.319 e. The molecule has 1 aromatic heterocycles. The molecule has 5 rings (SSSR count). The number of carbonyl (C=O) groups is 1. The van der Waals surface area contributed by atoms with E-state index in [1.54, 1.807) is 12.1 Å². The van der Waals surface area contributed by atoms with Gasteiger partial charge in [-0.2, -0.15) is 0 Å². The van der Waals surface area contributed by atoms with Crippen LogP contribution in [0, 0.1) is 17.7 Å². The van der Waals surface area contributed by atoms with Crippen molar-refractivity contribution in [2.45, 2.75) is 19.5 Å². The zero-order chi connectivity index (χ0) is 20.7. The molecule has 154 valence electrons. The summed E-state index contributed by atoms with van der Waals surface area (Å²) in [6, 6.07) is 13.8. The third kappa shape index (κ3) is 3.82. The van der Waals surface area contributed by atoms with Gasteiger partial charge in [-0.3, -0.25) is 9.69 Å². The lowest BCUT2D eigenvalue weighted by Crippen LogP contribution is -2.31. The highest BCUT2D eigenvalue weighted by Gasteiger charge is 2.39. The molecular weight excluding hydrogens is 405 g/mol. The monoisotopic (exact) mass is 425 g/mol. The number of amides is 1. The highest BCUT2D eigenvalue weighted by atomic mass is 35.5. The standard InChI is InChI=1S/C22H21ClFN5O/c23-17-4-1-3-14(7-17)10-28-11-15-8-20-26-27-21(29(20)13-16(15)12-28)22(30)25-19-6-2-5-18(24)9-19/h1-7,9,15-16H,8,10-13H2,(H,25,30)/t15-,16+/m1/s1. The van der Waals surface area contributed by atoms with Crippen LogP contribution < -0.4 is 5.32 Å². The van der Waals surface area contributed by atoms with E-state index in [9.17, 15) is 9.18 Å². The van der Waals surface area contributed by atoms with Gasteiger partial charge in [0, 0.05) is 43.3 Å². The summed E-state index contributed by atoms with van der Waals surface area (Å²) in [5, 5.41) is 11.8. The normalized spacial score (nSPS) is 20.6. The first kappa shape index (κ1) is 19.2. The first-order valence-corrected chi connectivity index (χ1v) is 10.4. The number of nitrogens with one attached hydrogen (secondary N) is 1. The number of fused-ring (bicyclic) bond motifs is 2. The Morgan fingerprint density at radius 1 is 1.10 bits per heavy atom. The van der Waals surface area contributed by atoms with Crippen LogP contribution in [0.5, 0.6) is 0 Å². The second-order valence-electron chi connectivity index (χ2n) is 8.06. The molecule has 6 nitrogen and oxygen atoms in total. The van der Waals surface area contributed by atoms with Gasteiger partial charge in [-0.15, -0.1) is 10.2 Å². The van der Waals surface area contributed by atoms with Crippen molar-refractivity contribution >= 4 is 23.2 Å². The Morgan fingerprint density at radius 2 is 1.93 bits per heavy atom. The van der Waals surface area contributed by atoms with Gasteiger partial charge >= 0.3 is 0 Å². The molecule has 1 fully saturated rings. The van der Waals surface area contributed by atoms with Crippen LogP contribution in [0.15, 0.2) is 48.5 Å². The van der Waals surface area contributed by atoms with Crippen molar-refractivity contribution in [3.8, 4) is 0 Å². The Kier molecular flexibility index (Phi) is 5.00. The molecule has 3 heterocycles. The molecule has 1 amide bonds. The van der Waals surface area contributed by atoms with Gasteiger partial charge in [0.2, 0.25) is 5.82 Å². The van der Waals surface area contributed by atoms with E-state index in [1.807, 2.05) is 22.8 Å². The maximum atomic E-state index is 13.4. The van der Waals surface area contributed by atoms with Crippen molar-refractivity contribution in [1.82, 2.24) is 19.7 Å². The van der Waals surface area contributed by atoms with Crippen molar-refractivity contribution in [3.63, 3.8) is 0 Å². The summed E-state index contributed by atoms with van der Waals surface area (Å²) in [4.78, 5) is 15.1. The van der Waals surface area contributed by atoms with Gasteiger partial charge in [-0.05, 0) is 47.7 Å². The number of anilines is 1. The minimum absolute atomic E-state index is 0.279. The average Bonchev–Trinajstić information content (AvgIpc) is 3.28. The maximum Gasteiger partial charge on any atom is 0.293 e. The highest BCUT2D eigenvalue weighted by molar-refractivity contribution is 6.30. The van der Waals surface area contributed by atoms with Crippen LogP contribution >= 0.6 is 11.6 Å². The number of nitrogens with zero attached hydrogens (tertiary/aromatic N) is 4. The molecule has 8 heteroatoms. The first-order chi connectivity index (χ1) is 14.5. The number of aromatic nitrogens is 3. The number of carbonyl (C=O) groups excluding carboxylic acids is 1. The van der Waals surface area contributed by atoms with Gasteiger partial charge in [-0.1, -0.05) is 29.8 Å². The molecule has 0 saturated carbocycles. The number of likely N-dealkylation sites (tertiary alicyclic amines) is 1. The van der Waals surface area contributed by atoms with E-state index in [4.69, 9.17) is 11.6 Å². The predicted molar refractivity (Wildman–Crippen MR) is 112 cm³/mol. The molecule has 1 saturated heterocycles. The fourth-order valence-electron chi connectivity index (χ4n) is 4.56. The van der Waals surface area contributed by atoms with E-state index in [2.05, 4.69) is 26.5 Å². The zero-order valence-electron chi connectivity index (χ0n) is 16.3. The van der Waals surface area contributed by atoms with E-state index < -0.39 is 5.82 Å². The number of benzene rings is 2. The maximum absolute atomic E-state index is 13.4. The highest BCUT2D eigenvalue weighted by Crippen LogP contribution is 2.33. The molecule has 0 aliphatic carbocycles. The van der Waals surface area contributed by atoms with Crippen LogP contribution in [-0.2, 0) is 19.5 Å². The van der Waals surface area contributed by atoms with E-state index in [0.29, 0.717) is 24.1 Å². The summed E-state index contributed by atoms with van der Waals surface area (Å²) in [7, 11) is 0. The number of hydrogen-bond donors (Lipinski definition) is 1. The van der Waals surface area contributed by atoms with Gasteiger partial charge in [0.1, 0.15) is 11.6 Å². The number of hydrogen-bond acceptors (Lipinski definition) is 4. The van der Waals surface area contributed by atoms with Gasteiger partial charge in [0.15, 0.2) is 0 Å². The topological polar surface area (TPSA) is 63.1 Å². The van der Waals surface area contributed by atoms with Gasteiger partial charge in [0.25, 0.3) is 5.91 Å². The van der Waals surface area contributed by atoms with Crippen LogP contribution in [0.4, 0.5) is 10.1 Å². The van der Waals surface area contributed by atoms with Crippen LogP contribution in [0.3, 0.4) is 0 Å². The molecule has 0 radical (unpaired) electrons. The van der Waals surface area contributed by atoms with E-state index >= 15 is 0 Å². The predicted octanol–water partition coefficient (Wildman–Crippen LogP) is 3.63. The van der Waals surface area contributed by atoms with Crippen molar-refractivity contribution < 1.29 is 9.18 Å². The van der Waals surface area contributed by atoms with Crippen LogP contribution in [-0.4, -0.2) is 38.7 Å². The molecule has 2 aromatic carbocycles. The lowest BCUT2D eigenvalue weighted by molar-refractivity contribution is 0.100. The first-order valence-electron chi connectivity index (χ1n) is 10.0. The SMILES string of the molecule is O=C(Nc1cccc(F)c1)c1nnc2n1C[C@@H]1CN(Cc3cccc(Cl)c3)C[C@H]1C2. The summed E-state index contributed by atoms with van der Waals surface area (Å²) in [5.74, 6) is 1.29. The Bertz CT molecular complexity index is 1100. The Morgan fingerprint density at radius 3 is 2.77 bits per heavy atom. The summed E-state index contributed by atoms with van der Waals surface area (Å²) in [6.45, 7) is 3.53. The molecule has 2 aliphatic rings. The quantitative estimate of drug-likeness (QED) is 0.693. The van der Waals surface area contributed by atoms with E-state index in [1.165, 1.54) is 17.7 Å². The Balaban J connectivity index is 1.28. The summed E-state index contributed by atoms with van der Waals surface area (Å²) in [5.41, 5.74) is 1.61. The summed E-state index contributed by atoms with van der Waals surface area (Å²) < 4.78 is 15.3. The third-order valence-electron chi connectivity index (χ3n) is 5.92. The molecule has 0 unspecified atom stereocenters. The number of rotatable bonds is 4. The molecule has 2 aliphatic heterocycles. The van der Waals surface area contributed by atoms with Crippen molar-refractivity contribution in [3.05, 3.63) is 76.6 Å². The average molecular weight is 426 g/mol. The Hall–Kier alpha value is -2.77. The van der Waals surface area contributed by atoms with Gasteiger partial charge in [-0.25, -0.2) is 4.39 Å². The summed E-state index contributed by atoms with van der Waals surface area (Å²) >= 11 is 6.12. The molecule has 0 bridgehead atoms. The lowest BCUT2D eigenvalue weighted by atomic mass is 9.89. The molecule has 1 N–H and O–H groups in total. The van der Waals surface area contributed by atoms with E-state index in [-0.39, 0.29) is 11.7 Å². The van der Waals surface area contributed by atoms with Gasteiger partial charge < -0.3 is 9.88 Å². The Labute approximate surface area is 178 Å². The fraction of sp³-hybridized carbons (Fsp3) is 0.318. The van der Waals surface area contributed by atoms with Gasteiger partial charge in [0.05, 0.1) is 0 Å². The molecule has 2 atom stereocenters. The second-order valence-corrected chi connectivity index (χ2v) is 8.50. The minimum atomic E-state index is -0.398. The van der Waals surface area contributed by atoms with Crippen molar-refractivity contribution in [1.29, 1.82) is 0 Å². The van der Waals surface area contributed by atoms with Crippen LogP contribution in [0.1, 0.15) is 22.0 Å². The third-order valence-corrected chi connectivity index (χ3v) is 6.16. The van der Waals surface area contributed by atoms with Crippen LogP contribution in [0.2, 0.25) is 5.02 Å². The lowest BCUT2D eigenvalue weighted by Gasteiger charge is -2.25. The fourth-order valence-corrected chi connectivity index (χ4v) is 4.78. The van der Waals surface area contributed by atoms with Crippen LogP contribution in [0.25, 0.3) is 0 Å².